The first kappa shape index (κ1) is 19.2. The molecule has 0 heterocycles. The van der Waals surface area contributed by atoms with Crippen LogP contribution in [0.15, 0.2) is 54.6 Å². The predicted molar refractivity (Wildman–Crippen MR) is 99.8 cm³/mol. The summed E-state index contributed by atoms with van der Waals surface area (Å²) < 4.78 is 5.16. The van der Waals surface area contributed by atoms with E-state index >= 15 is 0 Å². The Labute approximate surface area is 152 Å². The van der Waals surface area contributed by atoms with E-state index in [1.807, 2.05) is 30.3 Å². The van der Waals surface area contributed by atoms with Crippen molar-refractivity contribution >= 4 is 29.2 Å². The summed E-state index contributed by atoms with van der Waals surface area (Å²) in [7, 11) is 0. The molecule has 0 fully saturated rings. The van der Waals surface area contributed by atoms with E-state index in [9.17, 15) is 14.4 Å². The van der Waals surface area contributed by atoms with Crippen molar-refractivity contribution in [3.8, 4) is 0 Å². The molecule has 0 aromatic heterocycles. The molecule has 0 atom stereocenters. The molecule has 0 unspecified atom stereocenters. The molecule has 0 aliphatic rings. The van der Waals surface area contributed by atoms with Crippen molar-refractivity contribution in [1.82, 2.24) is 0 Å². The minimum Gasteiger partial charge on any atom is -0.455 e. The second-order valence-corrected chi connectivity index (χ2v) is 6.37. The fourth-order valence-electron chi connectivity index (χ4n) is 2.32. The minimum atomic E-state index is -0.846. The predicted octanol–water partition coefficient (Wildman–Crippen LogP) is 3.10. The Bertz CT molecular complexity index is 783. The van der Waals surface area contributed by atoms with Crippen molar-refractivity contribution in [3.63, 3.8) is 0 Å². The van der Waals surface area contributed by atoms with E-state index in [0.29, 0.717) is 11.4 Å². The Morgan fingerprint density at radius 2 is 1.42 bits per heavy atom. The molecular weight excluding hydrogens is 332 g/mol. The number of carbonyl (C=O) groups excluding carboxylic acids is 3. The number of ether oxygens (including phenoxy) is 1. The molecule has 0 aliphatic carbocycles. The summed E-state index contributed by atoms with van der Waals surface area (Å²) in [6, 6.07) is 15.9. The van der Waals surface area contributed by atoms with Crippen LogP contribution in [0.5, 0.6) is 0 Å². The fraction of sp³-hybridized carbons (Fsp3) is 0.250. The molecule has 0 radical (unpaired) electrons. The lowest BCUT2D eigenvalue weighted by atomic mass is 9.85. The van der Waals surface area contributed by atoms with Gasteiger partial charge in [0.05, 0.1) is 5.41 Å². The maximum atomic E-state index is 12.3. The molecule has 2 rings (SSSR count). The van der Waals surface area contributed by atoms with Crippen LogP contribution in [0.4, 0.5) is 11.4 Å². The van der Waals surface area contributed by atoms with E-state index in [-0.39, 0.29) is 12.5 Å². The van der Waals surface area contributed by atoms with E-state index in [1.54, 1.807) is 38.1 Å². The van der Waals surface area contributed by atoms with E-state index in [2.05, 4.69) is 10.6 Å². The second kappa shape index (κ2) is 8.29. The van der Waals surface area contributed by atoms with Gasteiger partial charge in [-0.05, 0) is 43.7 Å². The first-order chi connectivity index (χ1) is 12.3. The molecule has 0 aliphatic heterocycles. The van der Waals surface area contributed by atoms with Crippen LogP contribution in [-0.4, -0.2) is 24.4 Å². The number of carbonyl (C=O) groups is 3. The van der Waals surface area contributed by atoms with Crippen LogP contribution in [0.1, 0.15) is 26.3 Å². The third-order valence-electron chi connectivity index (χ3n) is 3.83. The smallest absolute Gasteiger partial charge is 0.316 e. The topological polar surface area (TPSA) is 84.5 Å². The Balaban J connectivity index is 1.88. The lowest BCUT2D eigenvalue weighted by Crippen LogP contribution is -2.33. The van der Waals surface area contributed by atoms with Gasteiger partial charge in [0.25, 0.3) is 5.91 Å². The summed E-state index contributed by atoms with van der Waals surface area (Å²) in [5.41, 5.74) is 1.15. The highest BCUT2D eigenvalue weighted by atomic mass is 16.5. The zero-order valence-corrected chi connectivity index (χ0v) is 15.0. The van der Waals surface area contributed by atoms with Crippen LogP contribution < -0.4 is 10.6 Å². The number of anilines is 2. The lowest BCUT2D eigenvalue weighted by Gasteiger charge is -2.22. The summed E-state index contributed by atoms with van der Waals surface area (Å²) in [5, 5.41) is 5.28. The summed E-state index contributed by atoms with van der Waals surface area (Å²) in [6.07, 6.45) is 0. The van der Waals surface area contributed by atoms with Gasteiger partial charge in [-0.15, -0.1) is 0 Å². The van der Waals surface area contributed by atoms with Gasteiger partial charge in [0, 0.05) is 18.3 Å². The Morgan fingerprint density at radius 1 is 0.885 bits per heavy atom. The van der Waals surface area contributed by atoms with Gasteiger partial charge < -0.3 is 15.4 Å². The molecule has 0 spiro atoms. The molecule has 0 saturated heterocycles. The van der Waals surface area contributed by atoms with Crippen LogP contribution in [-0.2, 0) is 24.5 Å². The number of esters is 1. The maximum Gasteiger partial charge on any atom is 0.316 e. The monoisotopic (exact) mass is 354 g/mol. The number of hydrogen-bond acceptors (Lipinski definition) is 4. The Hall–Kier alpha value is -3.15. The summed E-state index contributed by atoms with van der Waals surface area (Å²) in [5.74, 6) is -1.08. The average Bonchev–Trinajstić information content (AvgIpc) is 2.61. The highest BCUT2D eigenvalue weighted by Gasteiger charge is 2.31. The van der Waals surface area contributed by atoms with Crippen LogP contribution >= 0.6 is 0 Å². The Kier molecular flexibility index (Phi) is 6.11. The highest BCUT2D eigenvalue weighted by molar-refractivity contribution is 5.94. The van der Waals surface area contributed by atoms with Gasteiger partial charge in [-0.2, -0.15) is 0 Å². The van der Waals surface area contributed by atoms with Crippen LogP contribution in [0, 0.1) is 0 Å². The minimum absolute atomic E-state index is 0.172. The van der Waals surface area contributed by atoms with E-state index in [4.69, 9.17) is 4.74 Å². The van der Waals surface area contributed by atoms with Gasteiger partial charge in [0.15, 0.2) is 6.61 Å². The molecule has 26 heavy (non-hydrogen) atoms. The van der Waals surface area contributed by atoms with Gasteiger partial charge in [-0.3, -0.25) is 14.4 Å². The van der Waals surface area contributed by atoms with Gasteiger partial charge >= 0.3 is 5.97 Å². The standard InChI is InChI=1S/C20H22N2O4/c1-14(23)21-16-9-11-17(12-10-16)22-18(24)13-26-19(25)20(2,3)15-7-5-4-6-8-15/h4-12H,13H2,1-3H3,(H,21,23)(H,22,24). The molecule has 6 nitrogen and oxygen atoms in total. The van der Waals surface area contributed by atoms with E-state index in [0.717, 1.165) is 5.56 Å². The number of amides is 2. The average molecular weight is 354 g/mol. The molecule has 136 valence electrons. The van der Waals surface area contributed by atoms with E-state index in [1.165, 1.54) is 6.92 Å². The van der Waals surface area contributed by atoms with Crippen molar-refractivity contribution in [2.24, 2.45) is 0 Å². The van der Waals surface area contributed by atoms with Crippen molar-refractivity contribution in [3.05, 3.63) is 60.2 Å². The van der Waals surface area contributed by atoms with Crippen LogP contribution in [0.25, 0.3) is 0 Å². The molecule has 2 aromatic rings. The molecule has 2 amide bonds. The quantitative estimate of drug-likeness (QED) is 0.781. The third-order valence-corrected chi connectivity index (χ3v) is 3.83. The first-order valence-electron chi connectivity index (χ1n) is 8.19. The second-order valence-electron chi connectivity index (χ2n) is 6.37. The number of nitrogens with one attached hydrogen (secondary N) is 2. The molecule has 6 heteroatoms. The largest absolute Gasteiger partial charge is 0.455 e. The van der Waals surface area contributed by atoms with Gasteiger partial charge in [-0.1, -0.05) is 30.3 Å². The van der Waals surface area contributed by atoms with Crippen molar-refractivity contribution in [2.45, 2.75) is 26.2 Å². The van der Waals surface area contributed by atoms with Crippen molar-refractivity contribution < 1.29 is 19.1 Å². The highest BCUT2D eigenvalue weighted by Crippen LogP contribution is 2.24. The summed E-state index contributed by atoms with van der Waals surface area (Å²) in [4.78, 5) is 35.3. The maximum absolute atomic E-state index is 12.3. The van der Waals surface area contributed by atoms with Gasteiger partial charge in [-0.25, -0.2) is 0 Å². The SMILES string of the molecule is CC(=O)Nc1ccc(NC(=O)COC(=O)C(C)(C)c2ccccc2)cc1. The molecule has 2 N–H and O–H groups in total. The number of rotatable bonds is 6. The molecule has 2 aromatic carbocycles. The molecule has 0 saturated carbocycles. The summed E-state index contributed by atoms with van der Waals surface area (Å²) >= 11 is 0. The zero-order chi connectivity index (χ0) is 19.2. The fourth-order valence-corrected chi connectivity index (χ4v) is 2.32. The zero-order valence-electron chi connectivity index (χ0n) is 15.0. The molecule has 0 bridgehead atoms. The van der Waals surface area contributed by atoms with Gasteiger partial charge in [0.1, 0.15) is 0 Å². The van der Waals surface area contributed by atoms with Crippen LogP contribution in [0.3, 0.4) is 0 Å². The lowest BCUT2D eigenvalue weighted by molar-refractivity contribution is -0.152. The molecular formula is C20H22N2O4. The van der Waals surface area contributed by atoms with Crippen molar-refractivity contribution in [1.29, 1.82) is 0 Å². The Morgan fingerprint density at radius 3 is 1.96 bits per heavy atom. The van der Waals surface area contributed by atoms with Crippen LogP contribution in [0.2, 0.25) is 0 Å². The normalized spacial score (nSPS) is 10.7. The number of hydrogen-bond donors (Lipinski definition) is 2. The van der Waals surface area contributed by atoms with Crippen molar-refractivity contribution in [2.75, 3.05) is 17.2 Å². The summed E-state index contributed by atoms with van der Waals surface area (Å²) in [6.45, 7) is 4.55. The third kappa shape index (κ3) is 5.17. The number of benzene rings is 2. The van der Waals surface area contributed by atoms with E-state index < -0.39 is 17.3 Å². The first-order valence-corrected chi connectivity index (χ1v) is 8.19. The van der Waals surface area contributed by atoms with Gasteiger partial charge in [0.2, 0.25) is 5.91 Å².